The second-order valence-electron chi connectivity index (χ2n) is 4.80. The molecule has 0 fully saturated rings. The summed E-state index contributed by atoms with van der Waals surface area (Å²) in [5.41, 5.74) is 2.31. The van der Waals surface area contributed by atoms with Gasteiger partial charge in [-0.15, -0.1) is 0 Å². The molecule has 100 valence electrons. The first-order chi connectivity index (χ1) is 9.25. The van der Waals surface area contributed by atoms with Gasteiger partial charge in [0.05, 0.1) is 6.10 Å². The Hall–Kier alpha value is -1.31. The van der Waals surface area contributed by atoms with Gasteiger partial charge in [0, 0.05) is 5.02 Å². The van der Waals surface area contributed by atoms with E-state index in [4.69, 9.17) is 11.6 Å². The van der Waals surface area contributed by atoms with Crippen molar-refractivity contribution in [2.75, 3.05) is 0 Å². The summed E-state index contributed by atoms with van der Waals surface area (Å²) >= 11 is 5.83. The van der Waals surface area contributed by atoms with Gasteiger partial charge in [0.1, 0.15) is 0 Å². The molecule has 0 heterocycles. The maximum atomic E-state index is 10.1. The zero-order valence-electron chi connectivity index (χ0n) is 10.9. The molecule has 19 heavy (non-hydrogen) atoms. The average molecular weight is 275 g/mol. The molecule has 2 rings (SSSR count). The van der Waals surface area contributed by atoms with Crippen LogP contribution in [0.4, 0.5) is 0 Å². The Kier molecular flexibility index (Phi) is 5.44. The van der Waals surface area contributed by atoms with Gasteiger partial charge in [0.15, 0.2) is 0 Å². The molecule has 1 unspecified atom stereocenters. The molecule has 2 aromatic rings. The molecule has 0 radical (unpaired) electrons. The summed E-state index contributed by atoms with van der Waals surface area (Å²) in [7, 11) is 0. The molecule has 1 N–H and O–H groups in total. The number of rotatable bonds is 6. The van der Waals surface area contributed by atoms with E-state index < -0.39 is 0 Å². The lowest BCUT2D eigenvalue weighted by Gasteiger charge is -2.10. The molecule has 0 saturated carbocycles. The molecule has 1 nitrogen and oxygen atoms in total. The summed E-state index contributed by atoms with van der Waals surface area (Å²) in [5, 5.41) is 10.8. The number of aliphatic hydroxyl groups is 1. The predicted octanol–water partition coefficient (Wildman–Crippen LogP) is 4.79. The Morgan fingerprint density at radius 3 is 2.26 bits per heavy atom. The van der Waals surface area contributed by atoms with Crippen LogP contribution in [-0.2, 0) is 6.42 Å². The average Bonchev–Trinajstić information content (AvgIpc) is 2.45. The normalized spacial score (nSPS) is 12.3. The fourth-order valence-corrected chi connectivity index (χ4v) is 2.29. The number of hydrogen-bond donors (Lipinski definition) is 1. The van der Waals surface area contributed by atoms with Crippen molar-refractivity contribution < 1.29 is 5.11 Å². The summed E-state index contributed by atoms with van der Waals surface area (Å²) in [6, 6.07) is 17.9. The fourth-order valence-electron chi connectivity index (χ4n) is 2.16. The van der Waals surface area contributed by atoms with E-state index in [0.717, 1.165) is 31.2 Å². The third-order valence-corrected chi connectivity index (χ3v) is 3.54. The van der Waals surface area contributed by atoms with Crippen molar-refractivity contribution in [2.45, 2.75) is 31.8 Å². The van der Waals surface area contributed by atoms with Crippen LogP contribution in [0.1, 0.15) is 36.5 Å². The van der Waals surface area contributed by atoms with Crippen LogP contribution in [0, 0.1) is 0 Å². The van der Waals surface area contributed by atoms with Crippen LogP contribution in [0.3, 0.4) is 0 Å². The molecule has 2 heteroatoms. The SMILES string of the molecule is OC(CCCCc1ccccc1)c1ccc(Cl)cc1. The summed E-state index contributed by atoms with van der Waals surface area (Å²) in [4.78, 5) is 0. The van der Waals surface area contributed by atoms with Crippen molar-refractivity contribution in [3.05, 3.63) is 70.7 Å². The van der Waals surface area contributed by atoms with Crippen LogP contribution >= 0.6 is 11.6 Å². The molecule has 0 aliphatic heterocycles. The standard InChI is InChI=1S/C17H19ClO/c18-16-12-10-15(11-13-16)17(19)9-5-4-8-14-6-2-1-3-7-14/h1-3,6-7,10-13,17,19H,4-5,8-9H2. The molecular formula is C17H19ClO. The molecule has 0 spiro atoms. The molecule has 0 aromatic heterocycles. The van der Waals surface area contributed by atoms with Crippen LogP contribution in [0.25, 0.3) is 0 Å². The highest BCUT2D eigenvalue weighted by Gasteiger charge is 2.06. The Morgan fingerprint density at radius 1 is 0.895 bits per heavy atom. The third-order valence-electron chi connectivity index (χ3n) is 3.29. The smallest absolute Gasteiger partial charge is 0.0790 e. The first-order valence-electron chi connectivity index (χ1n) is 6.73. The first-order valence-corrected chi connectivity index (χ1v) is 7.11. The van der Waals surface area contributed by atoms with Crippen LogP contribution < -0.4 is 0 Å². The number of hydrogen-bond acceptors (Lipinski definition) is 1. The Balaban J connectivity index is 1.72. The lowest BCUT2D eigenvalue weighted by atomic mass is 10.0. The molecule has 0 bridgehead atoms. The van der Waals surface area contributed by atoms with Crippen LogP contribution in [0.15, 0.2) is 54.6 Å². The van der Waals surface area contributed by atoms with Crippen LogP contribution in [0.5, 0.6) is 0 Å². The highest BCUT2D eigenvalue weighted by molar-refractivity contribution is 6.30. The van der Waals surface area contributed by atoms with Gasteiger partial charge < -0.3 is 5.11 Å². The summed E-state index contributed by atoms with van der Waals surface area (Å²) < 4.78 is 0. The zero-order valence-corrected chi connectivity index (χ0v) is 11.7. The van der Waals surface area contributed by atoms with Crippen molar-refractivity contribution in [1.29, 1.82) is 0 Å². The van der Waals surface area contributed by atoms with E-state index >= 15 is 0 Å². The Morgan fingerprint density at radius 2 is 1.58 bits per heavy atom. The molecule has 1 atom stereocenters. The van der Waals surface area contributed by atoms with Crippen molar-refractivity contribution in [1.82, 2.24) is 0 Å². The largest absolute Gasteiger partial charge is 0.388 e. The topological polar surface area (TPSA) is 20.2 Å². The maximum Gasteiger partial charge on any atom is 0.0790 e. The number of aryl methyl sites for hydroxylation is 1. The highest BCUT2D eigenvalue weighted by atomic mass is 35.5. The summed E-state index contributed by atoms with van der Waals surface area (Å²) in [6.45, 7) is 0. The van der Waals surface area contributed by atoms with E-state index in [0.29, 0.717) is 5.02 Å². The van der Waals surface area contributed by atoms with Gasteiger partial charge in [-0.1, -0.05) is 60.5 Å². The van der Waals surface area contributed by atoms with Gasteiger partial charge in [-0.3, -0.25) is 0 Å². The fraction of sp³-hybridized carbons (Fsp3) is 0.294. The lowest BCUT2D eigenvalue weighted by Crippen LogP contribution is -1.97. The molecule has 0 amide bonds. The van der Waals surface area contributed by atoms with Gasteiger partial charge in [-0.2, -0.15) is 0 Å². The maximum absolute atomic E-state index is 10.1. The van der Waals surface area contributed by atoms with E-state index in [1.165, 1.54) is 5.56 Å². The molecule has 2 aromatic carbocycles. The van der Waals surface area contributed by atoms with Gasteiger partial charge in [0.25, 0.3) is 0 Å². The Labute approximate surface area is 119 Å². The first kappa shape index (κ1) is 14.1. The van der Waals surface area contributed by atoms with Gasteiger partial charge in [-0.25, -0.2) is 0 Å². The zero-order chi connectivity index (χ0) is 13.5. The van der Waals surface area contributed by atoms with Crippen molar-refractivity contribution in [2.24, 2.45) is 0 Å². The highest BCUT2D eigenvalue weighted by Crippen LogP contribution is 2.21. The van der Waals surface area contributed by atoms with Crippen molar-refractivity contribution >= 4 is 11.6 Å². The van der Waals surface area contributed by atoms with E-state index in [1.54, 1.807) is 0 Å². The quantitative estimate of drug-likeness (QED) is 0.751. The van der Waals surface area contributed by atoms with E-state index in [2.05, 4.69) is 24.3 Å². The molecule has 0 saturated heterocycles. The van der Waals surface area contributed by atoms with Gasteiger partial charge >= 0.3 is 0 Å². The number of unbranched alkanes of at least 4 members (excludes halogenated alkanes) is 1. The van der Waals surface area contributed by atoms with Crippen molar-refractivity contribution in [3.63, 3.8) is 0 Å². The van der Waals surface area contributed by atoms with Crippen LogP contribution in [0.2, 0.25) is 5.02 Å². The number of aliphatic hydroxyl groups excluding tert-OH is 1. The molecular weight excluding hydrogens is 256 g/mol. The predicted molar refractivity (Wildman–Crippen MR) is 80.4 cm³/mol. The van der Waals surface area contributed by atoms with E-state index in [-0.39, 0.29) is 6.10 Å². The van der Waals surface area contributed by atoms with E-state index in [1.807, 2.05) is 30.3 Å². The van der Waals surface area contributed by atoms with Gasteiger partial charge in [0.2, 0.25) is 0 Å². The minimum absolute atomic E-state index is 0.381. The minimum Gasteiger partial charge on any atom is -0.388 e. The monoisotopic (exact) mass is 274 g/mol. The molecule has 0 aliphatic rings. The Bertz CT molecular complexity index is 478. The minimum atomic E-state index is -0.381. The summed E-state index contributed by atoms with van der Waals surface area (Å²) in [5.74, 6) is 0. The third kappa shape index (κ3) is 4.70. The van der Waals surface area contributed by atoms with Crippen LogP contribution in [-0.4, -0.2) is 5.11 Å². The molecule has 0 aliphatic carbocycles. The summed E-state index contributed by atoms with van der Waals surface area (Å²) in [6.07, 6.45) is 3.63. The second kappa shape index (κ2) is 7.32. The number of halogens is 1. The van der Waals surface area contributed by atoms with Gasteiger partial charge in [-0.05, 0) is 42.5 Å². The lowest BCUT2D eigenvalue weighted by molar-refractivity contribution is 0.163. The van der Waals surface area contributed by atoms with E-state index in [9.17, 15) is 5.11 Å². The van der Waals surface area contributed by atoms with Crippen molar-refractivity contribution in [3.8, 4) is 0 Å². The number of benzene rings is 2. The second-order valence-corrected chi connectivity index (χ2v) is 5.24.